The van der Waals surface area contributed by atoms with Gasteiger partial charge in [0.05, 0.1) is 6.04 Å². The van der Waals surface area contributed by atoms with Crippen molar-refractivity contribution >= 4 is 23.2 Å². The molecular weight excluding hydrogens is 338 g/mol. The summed E-state index contributed by atoms with van der Waals surface area (Å²) in [6.07, 6.45) is 0.517. The van der Waals surface area contributed by atoms with Crippen LogP contribution in [0.25, 0.3) is 0 Å². The second-order valence-corrected chi connectivity index (χ2v) is 6.99. The van der Waals surface area contributed by atoms with E-state index in [1.165, 1.54) is 5.56 Å². The molecule has 2 aromatic rings. The van der Waals surface area contributed by atoms with Gasteiger partial charge in [-0.3, -0.25) is 4.79 Å². The van der Waals surface area contributed by atoms with Crippen molar-refractivity contribution in [1.29, 1.82) is 0 Å². The molecule has 1 fully saturated rings. The number of rotatable bonds is 3. The molecule has 2 aromatic carbocycles. The number of benzene rings is 2. The summed E-state index contributed by atoms with van der Waals surface area (Å²) >= 11 is 6.16. The van der Waals surface area contributed by atoms with Crippen LogP contribution in [-0.4, -0.2) is 17.1 Å². The predicted molar refractivity (Wildman–Crippen MR) is 99.8 cm³/mol. The molecule has 0 bridgehead atoms. The molecule has 5 nitrogen and oxygen atoms in total. The summed E-state index contributed by atoms with van der Waals surface area (Å²) in [5.74, 6) is 0.0624. The first kappa shape index (κ1) is 17.7. The van der Waals surface area contributed by atoms with E-state index in [9.17, 15) is 9.90 Å². The molecule has 0 saturated carbocycles. The highest BCUT2D eigenvalue weighted by Gasteiger charge is 2.31. The maximum absolute atomic E-state index is 12.5. The van der Waals surface area contributed by atoms with E-state index >= 15 is 0 Å². The van der Waals surface area contributed by atoms with Crippen LogP contribution in [0, 0.1) is 20.8 Å². The first-order valence-corrected chi connectivity index (χ1v) is 8.61. The second-order valence-electron chi connectivity index (χ2n) is 6.58. The molecule has 132 valence electrons. The molecule has 0 aromatic heterocycles. The van der Waals surface area contributed by atoms with Gasteiger partial charge in [-0.2, -0.15) is 0 Å². The zero-order chi connectivity index (χ0) is 18.1. The minimum Gasteiger partial charge on any atom is -0.508 e. The Hall–Kier alpha value is -2.08. The van der Waals surface area contributed by atoms with Gasteiger partial charge < -0.3 is 10.4 Å². The van der Waals surface area contributed by atoms with Crippen molar-refractivity contribution in [2.75, 3.05) is 5.32 Å². The Balaban J connectivity index is 1.69. The van der Waals surface area contributed by atoms with Crippen LogP contribution in [0.15, 0.2) is 30.3 Å². The number of hydrazine groups is 1. The smallest absolute Gasteiger partial charge is 0.242 e. The van der Waals surface area contributed by atoms with Crippen molar-refractivity contribution in [3.8, 4) is 5.75 Å². The lowest BCUT2D eigenvalue weighted by molar-refractivity contribution is -0.117. The fraction of sp³-hybridized carbons (Fsp3) is 0.316. The molecule has 1 heterocycles. The van der Waals surface area contributed by atoms with Crippen molar-refractivity contribution in [2.24, 2.45) is 0 Å². The summed E-state index contributed by atoms with van der Waals surface area (Å²) in [6, 6.07) is 8.64. The fourth-order valence-electron chi connectivity index (χ4n) is 2.94. The van der Waals surface area contributed by atoms with Crippen LogP contribution in [0.4, 0.5) is 5.69 Å². The lowest BCUT2D eigenvalue weighted by atomic mass is 9.99. The van der Waals surface area contributed by atoms with Gasteiger partial charge in [0.25, 0.3) is 0 Å². The minimum absolute atomic E-state index is 0.115. The maximum atomic E-state index is 12.5. The first-order chi connectivity index (χ1) is 11.8. The molecule has 4 N–H and O–H groups in total. The molecule has 6 heteroatoms. The first-order valence-electron chi connectivity index (χ1n) is 8.23. The summed E-state index contributed by atoms with van der Waals surface area (Å²) in [6.45, 7) is 5.89. The minimum atomic E-state index is -0.397. The van der Waals surface area contributed by atoms with Gasteiger partial charge in [-0.15, -0.1) is 0 Å². The van der Waals surface area contributed by atoms with E-state index < -0.39 is 6.04 Å². The topological polar surface area (TPSA) is 73.4 Å². The van der Waals surface area contributed by atoms with Gasteiger partial charge in [-0.1, -0.05) is 17.7 Å². The Bertz CT molecular complexity index is 823. The number of carbonyl (C=O) groups is 1. The van der Waals surface area contributed by atoms with E-state index in [0.29, 0.717) is 17.0 Å². The van der Waals surface area contributed by atoms with Crippen molar-refractivity contribution in [1.82, 2.24) is 10.9 Å². The highest BCUT2D eigenvalue weighted by molar-refractivity contribution is 6.31. The number of hydrogen-bond acceptors (Lipinski definition) is 4. The number of halogens is 1. The number of amides is 1. The monoisotopic (exact) mass is 359 g/mol. The van der Waals surface area contributed by atoms with E-state index in [1.54, 1.807) is 12.1 Å². The number of phenols is 1. The SMILES string of the molecule is Cc1ccc(NC(=O)C2CC(c3cc(Cl)c(C)cc3O)NN2)cc1C. The number of hydrogen-bond donors (Lipinski definition) is 4. The summed E-state index contributed by atoms with van der Waals surface area (Å²) in [5, 5.41) is 13.7. The third-order valence-electron chi connectivity index (χ3n) is 4.68. The molecule has 0 spiro atoms. The zero-order valence-corrected chi connectivity index (χ0v) is 15.2. The quantitative estimate of drug-likeness (QED) is 0.676. The van der Waals surface area contributed by atoms with Crippen molar-refractivity contribution in [2.45, 2.75) is 39.3 Å². The highest BCUT2D eigenvalue weighted by atomic mass is 35.5. The summed E-state index contributed by atoms with van der Waals surface area (Å²) in [7, 11) is 0. The molecule has 0 radical (unpaired) electrons. The van der Waals surface area contributed by atoms with Crippen LogP contribution >= 0.6 is 11.6 Å². The summed E-state index contributed by atoms with van der Waals surface area (Å²) in [5.41, 5.74) is 10.7. The van der Waals surface area contributed by atoms with E-state index in [4.69, 9.17) is 11.6 Å². The third-order valence-corrected chi connectivity index (χ3v) is 5.08. The van der Waals surface area contributed by atoms with Gasteiger partial charge in [0.15, 0.2) is 0 Å². The van der Waals surface area contributed by atoms with Gasteiger partial charge >= 0.3 is 0 Å². The van der Waals surface area contributed by atoms with E-state index in [0.717, 1.165) is 16.8 Å². The number of nitrogens with one attached hydrogen (secondary N) is 3. The Morgan fingerprint density at radius 2 is 1.88 bits per heavy atom. The molecule has 0 aliphatic carbocycles. The van der Waals surface area contributed by atoms with Gasteiger partial charge in [-0.05, 0) is 68.1 Å². The highest BCUT2D eigenvalue weighted by Crippen LogP contribution is 2.33. The fourth-order valence-corrected chi connectivity index (χ4v) is 3.11. The van der Waals surface area contributed by atoms with Crippen molar-refractivity contribution in [3.63, 3.8) is 0 Å². The lowest BCUT2D eigenvalue weighted by Crippen LogP contribution is -2.39. The molecule has 1 aliphatic rings. The van der Waals surface area contributed by atoms with Crippen LogP contribution in [-0.2, 0) is 4.79 Å². The zero-order valence-electron chi connectivity index (χ0n) is 14.5. The van der Waals surface area contributed by atoms with E-state index in [2.05, 4.69) is 16.2 Å². The Kier molecular flexibility index (Phi) is 4.99. The number of anilines is 1. The van der Waals surface area contributed by atoms with Crippen molar-refractivity contribution < 1.29 is 9.90 Å². The lowest BCUT2D eigenvalue weighted by Gasteiger charge is -2.14. The average Bonchev–Trinajstić information content (AvgIpc) is 3.04. The summed E-state index contributed by atoms with van der Waals surface area (Å²) in [4.78, 5) is 12.5. The maximum Gasteiger partial charge on any atom is 0.242 e. The van der Waals surface area contributed by atoms with Crippen molar-refractivity contribution in [3.05, 3.63) is 57.6 Å². The second kappa shape index (κ2) is 7.04. The average molecular weight is 360 g/mol. The van der Waals surface area contributed by atoms with E-state index in [-0.39, 0.29) is 17.7 Å². The summed E-state index contributed by atoms with van der Waals surface area (Å²) < 4.78 is 0. The molecular formula is C19H22ClN3O2. The Morgan fingerprint density at radius 3 is 2.60 bits per heavy atom. The van der Waals surface area contributed by atoms with Gasteiger partial charge in [0, 0.05) is 16.3 Å². The Labute approximate surface area is 152 Å². The predicted octanol–water partition coefficient (Wildman–Crippen LogP) is 3.52. The number of phenolic OH excluding ortho intramolecular Hbond substituents is 1. The number of aromatic hydroxyl groups is 1. The Morgan fingerprint density at radius 1 is 1.12 bits per heavy atom. The number of aryl methyl sites for hydroxylation is 3. The normalized spacial score (nSPS) is 19.8. The van der Waals surface area contributed by atoms with Gasteiger partial charge in [-0.25, -0.2) is 10.9 Å². The molecule has 1 saturated heterocycles. The third kappa shape index (κ3) is 3.79. The van der Waals surface area contributed by atoms with E-state index in [1.807, 2.05) is 39.0 Å². The molecule has 3 rings (SSSR count). The van der Waals surface area contributed by atoms with Gasteiger partial charge in [0.1, 0.15) is 11.8 Å². The van der Waals surface area contributed by atoms with Crippen LogP contribution in [0.2, 0.25) is 5.02 Å². The number of carbonyl (C=O) groups excluding carboxylic acids is 1. The van der Waals surface area contributed by atoms with Crippen LogP contribution in [0.1, 0.15) is 34.7 Å². The van der Waals surface area contributed by atoms with Crippen LogP contribution < -0.4 is 16.2 Å². The molecule has 25 heavy (non-hydrogen) atoms. The molecule has 1 aliphatic heterocycles. The van der Waals surface area contributed by atoms with Crippen LogP contribution in [0.3, 0.4) is 0 Å². The van der Waals surface area contributed by atoms with Gasteiger partial charge in [0.2, 0.25) is 5.91 Å². The molecule has 2 unspecified atom stereocenters. The molecule has 1 amide bonds. The largest absolute Gasteiger partial charge is 0.508 e. The standard InChI is InChI=1S/C19H22ClN3O2/c1-10-4-5-13(6-11(10)2)21-19(25)17-9-16(22-23-17)14-8-15(20)12(3)7-18(14)24/h4-8,16-17,22-24H,9H2,1-3H3,(H,21,25). The van der Waals surface area contributed by atoms with Crippen LogP contribution in [0.5, 0.6) is 5.75 Å². The molecule has 2 atom stereocenters.